The maximum atomic E-state index is 11.3. The summed E-state index contributed by atoms with van der Waals surface area (Å²) in [4.78, 5) is 24.0. The average molecular weight is 262 g/mol. The molecular weight excluding hydrogens is 244 g/mol. The fourth-order valence-corrected chi connectivity index (χ4v) is 2.25. The van der Waals surface area contributed by atoms with Crippen molar-refractivity contribution in [1.82, 2.24) is 0 Å². The number of benzene rings is 1. The van der Waals surface area contributed by atoms with Crippen molar-refractivity contribution in [2.45, 2.75) is 25.7 Å². The van der Waals surface area contributed by atoms with Gasteiger partial charge in [-0.25, -0.2) is 0 Å². The molecule has 102 valence electrons. The van der Waals surface area contributed by atoms with Crippen LogP contribution in [0.4, 0.5) is 11.4 Å². The quantitative estimate of drug-likeness (QED) is 0.815. The van der Waals surface area contributed by atoms with Crippen molar-refractivity contribution >= 4 is 23.3 Å². The molecule has 0 spiro atoms. The van der Waals surface area contributed by atoms with Crippen LogP contribution in [0.25, 0.3) is 0 Å². The Morgan fingerprint density at radius 1 is 1.11 bits per heavy atom. The number of carboxylic acid groups (broad SMARTS) is 1. The minimum Gasteiger partial charge on any atom is -0.481 e. The molecule has 0 aromatic heterocycles. The van der Waals surface area contributed by atoms with E-state index in [0.717, 1.165) is 18.8 Å². The minimum atomic E-state index is -1.12. The third kappa shape index (κ3) is 3.98. The zero-order valence-electron chi connectivity index (χ0n) is 10.8. The van der Waals surface area contributed by atoms with E-state index >= 15 is 0 Å². The highest BCUT2D eigenvalue weighted by Gasteiger charge is 2.11. The molecule has 1 aromatic rings. The molecule has 1 aromatic carbocycles. The predicted octanol–water partition coefficient (Wildman–Crippen LogP) is 2.09. The van der Waals surface area contributed by atoms with Crippen LogP contribution in [0.5, 0.6) is 0 Å². The number of nitrogens with zero attached hydrogens (tertiary/aromatic N) is 1. The standard InChI is InChI=1S/C14H18N2O3/c17-13(10-14(18)19)15-11-4-6-12(7-5-11)16-8-2-1-3-9-16/h4-7H,1-3,8-10H2,(H,15,17)(H,18,19). The second kappa shape index (κ2) is 6.22. The molecule has 1 heterocycles. The minimum absolute atomic E-state index is 0.502. The summed E-state index contributed by atoms with van der Waals surface area (Å²) in [5.41, 5.74) is 1.78. The molecule has 2 N–H and O–H groups in total. The van der Waals surface area contributed by atoms with Crippen molar-refractivity contribution in [2.75, 3.05) is 23.3 Å². The maximum absolute atomic E-state index is 11.3. The Kier molecular flexibility index (Phi) is 4.39. The lowest BCUT2D eigenvalue weighted by Crippen LogP contribution is -2.29. The fourth-order valence-electron chi connectivity index (χ4n) is 2.25. The summed E-state index contributed by atoms with van der Waals surface area (Å²) in [5.74, 6) is -1.62. The predicted molar refractivity (Wildman–Crippen MR) is 73.4 cm³/mol. The van der Waals surface area contributed by atoms with Gasteiger partial charge in [0.15, 0.2) is 0 Å². The molecule has 1 amide bonds. The number of nitrogens with one attached hydrogen (secondary N) is 1. The van der Waals surface area contributed by atoms with Crippen LogP contribution in [0.15, 0.2) is 24.3 Å². The van der Waals surface area contributed by atoms with Crippen molar-refractivity contribution in [2.24, 2.45) is 0 Å². The van der Waals surface area contributed by atoms with Gasteiger partial charge in [-0.3, -0.25) is 9.59 Å². The van der Waals surface area contributed by atoms with E-state index < -0.39 is 18.3 Å². The smallest absolute Gasteiger partial charge is 0.312 e. The van der Waals surface area contributed by atoms with Crippen molar-refractivity contribution < 1.29 is 14.7 Å². The highest BCUT2D eigenvalue weighted by molar-refractivity contribution is 6.01. The first-order valence-electron chi connectivity index (χ1n) is 6.52. The molecule has 2 rings (SSSR count). The van der Waals surface area contributed by atoms with Gasteiger partial charge in [0, 0.05) is 24.5 Å². The van der Waals surface area contributed by atoms with Gasteiger partial charge in [-0.1, -0.05) is 0 Å². The number of anilines is 2. The maximum Gasteiger partial charge on any atom is 0.312 e. The molecule has 0 unspecified atom stereocenters. The van der Waals surface area contributed by atoms with E-state index in [-0.39, 0.29) is 0 Å². The monoisotopic (exact) mass is 262 g/mol. The number of carbonyl (C=O) groups excluding carboxylic acids is 1. The van der Waals surface area contributed by atoms with E-state index in [2.05, 4.69) is 10.2 Å². The lowest BCUT2D eigenvalue weighted by molar-refractivity contribution is -0.139. The third-order valence-electron chi connectivity index (χ3n) is 3.18. The Morgan fingerprint density at radius 2 is 1.74 bits per heavy atom. The number of hydrogen-bond donors (Lipinski definition) is 2. The number of hydrogen-bond acceptors (Lipinski definition) is 3. The van der Waals surface area contributed by atoms with Crippen LogP contribution in [0.2, 0.25) is 0 Å². The molecule has 19 heavy (non-hydrogen) atoms. The van der Waals surface area contributed by atoms with Gasteiger partial charge < -0.3 is 15.3 Å². The first-order valence-corrected chi connectivity index (χ1v) is 6.52. The molecule has 1 saturated heterocycles. The Bertz CT molecular complexity index is 450. The molecular formula is C14H18N2O3. The van der Waals surface area contributed by atoms with Crippen LogP contribution >= 0.6 is 0 Å². The summed E-state index contributed by atoms with van der Waals surface area (Å²) in [5, 5.41) is 11.1. The van der Waals surface area contributed by atoms with Gasteiger partial charge in [-0.2, -0.15) is 0 Å². The summed E-state index contributed by atoms with van der Waals surface area (Å²) in [6.07, 6.45) is 3.22. The van der Waals surface area contributed by atoms with Gasteiger partial charge in [-0.15, -0.1) is 0 Å². The largest absolute Gasteiger partial charge is 0.481 e. The van der Waals surface area contributed by atoms with E-state index in [1.165, 1.54) is 19.3 Å². The summed E-state index contributed by atoms with van der Waals surface area (Å²) < 4.78 is 0. The van der Waals surface area contributed by atoms with Crippen LogP contribution in [-0.2, 0) is 9.59 Å². The van der Waals surface area contributed by atoms with Crippen LogP contribution in [0, 0.1) is 0 Å². The number of piperidine rings is 1. The van der Waals surface area contributed by atoms with E-state index in [1.807, 2.05) is 24.3 Å². The molecule has 0 aliphatic carbocycles. The van der Waals surface area contributed by atoms with E-state index in [1.54, 1.807) is 0 Å². The first kappa shape index (κ1) is 13.4. The Balaban J connectivity index is 1.94. The van der Waals surface area contributed by atoms with Gasteiger partial charge >= 0.3 is 5.97 Å². The molecule has 1 aliphatic heterocycles. The lowest BCUT2D eigenvalue weighted by Gasteiger charge is -2.28. The van der Waals surface area contributed by atoms with Crippen LogP contribution in [-0.4, -0.2) is 30.1 Å². The molecule has 1 aliphatic rings. The van der Waals surface area contributed by atoms with Gasteiger partial charge in [-0.05, 0) is 43.5 Å². The Labute approximate surface area is 112 Å². The molecule has 1 fully saturated rings. The van der Waals surface area contributed by atoms with Gasteiger partial charge in [0.2, 0.25) is 5.91 Å². The van der Waals surface area contributed by atoms with Gasteiger partial charge in [0.25, 0.3) is 0 Å². The van der Waals surface area contributed by atoms with E-state index in [9.17, 15) is 9.59 Å². The van der Waals surface area contributed by atoms with Crippen molar-refractivity contribution in [3.63, 3.8) is 0 Å². The second-order valence-corrected chi connectivity index (χ2v) is 4.71. The highest BCUT2D eigenvalue weighted by atomic mass is 16.4. The Hall–Kier alpha value is -2.04. The van der Waals surface area contributed by atoms with E-state index in [4.69, 9.17) is 5.11 Å². The average Bonchev–Trinajstić information content (AvgIpc) is 2.39. The number of carboxylic acids is 1. The number of aliphatic carboxylic acids is 1. The Morgan fingerprint density at radius 3 is 2.32 bits per heavy atom. The number of amides is 1. The summed E-state index contributed by atoms with van der Waals surface area (Å²) in [6.45, 7) is 2.15. The normalized spacial score (nSPS) is 15.1. The van der Waals surface area contributed by atoms with Gasteiger partial charge in [0.05, 0.1) is 0 Å². The van der Waals surface area contributed by atoms with Crippen LogP contribution in [0.1, 0.15) is 25.7 Å². The molecule has 5 heteroatoms. The van der Waals surface area contributed by atoms with E-state index in [0.29, 0.717) is 5.69 Å². The van der Waals surface area contributed by atoms with Crippen LogP contribution in [0.3, 0.4) is 0 Å². The molecule has 0 saturated carbocycles. The fraction of sp³-hybridized carbons (Fsp3) is 0.429. The zero-order valence-corrected chi connectivity index (χ0v) is 10.8. The van der Waals surface area contributed by atoms with Gasteiger partial charge in [0.1, 0.15) is 6.42 Å². The van der Waals surface area contributed by atoms with Crippen molar-refractivity contribution in [3.8, 4) is 0 Å². The molecule has 0 radical (unpaired) electrons. The second-order valence-electron chi connectivity index (χ2n) is 4.71. The lowest BCUT2D eigenvalue weighted by atomic mass is 10.1. The zero-order chi connectivity index (χ0) is 13.7. The number of rotatable bonds is 4. The van der Waals surface area contributed by atoms with Crippen molar-refractivity contribution in [3.05, 3.63) is 24.3 Å². The summed E-state index contributed by atoms with van der Waals surface area (Å²) in [6, 6.07) is 7.54. The van der Waals surface area contributed by atoms with Crippen molar-refractivity contribution in [1.29, 1.82) is 0 Å². The number of carbonyl (C=O) groups is 2. The topological polar surface area (TPSA) is 69.6 Å². The SMILES string of the molecule is O=C(O)CC(=O)Nc1ccc(N2CCCCC2)cc1. The third-order valence-corrected chi connectivity index (χ3v) is 3.18. The van der Waals surface area contributed by atoms with Crippen LogP contribution < -0.4 is 10.2 Å². The molecule has 5 nitrogen and oxygen atoms in total. The highest BCUT2D eigenvalue weighted by Crippen LogP contribution is 2.21. The molecule has 0 atom stereocenters. The molecule has 0 bridgehead atoms. The summed E-state index contributed by atoms with van der Waals surface area (Å²) >= 11 is 0. The summed E-state index contributed by atoms with van der Waals surface area (Å²) in [7, 11) is 0. The first-order chi connectivity index (χ1) is 9.15.